The highest BCUT2D eigenvalue weighted by Crippen LogP contribution is 2.52. The predicted octanol–water partition coefficient (Wildman–Crippen LogP) is 11.9. The fraction of sp³-hybridized carbons (Fsp3) is 0.814. The molecule has 0 amide bonds. The van der Waals surface area contributed by atoms with Crippen molar-refractivity contribution in [2.75, 3.05) is 54.1 Å². The van der Waals surface area contributed by atoms with E-state index in [1.807, 2.05) is 43.7 Å². The second-order valence-electron chi connectivity index (χ2n) is 16.8. The Morgan fingerprint density at radius 2 is 1.25 bits per heavy atom. The number of phosphoric ester groups is 1. The van der Waals surface area contributed by atoms with Crippen molar-refractivity contribution in [2.45, 2.75) is 173 Å². The molecule has 1 unspecified atom stereocenters. The van der Waals surface area contributed by atoms with Crippen molar-refractivity contribution in [3.63, 3.8) is 0 Å². The number of halogens is 4. The number of carbonyl (C=O) groups is 2. The van der Waals surface area contributed by atoms with Crippen molar-refractivity contribution in [1.29, 1.82) is 0 Å². The van der Waals surface area contributed by atoms with Crippen LogP contribution < -0.4 is 0 Å². The Bertz CT molecular complexity index is 1440. The van der Waals surface area contributed by atoms with Gasteiger partial charge in [-0.1, -0.05) is 128 Å². The van der Waals surface area contributed by atoms with Gasteiger partial charge < -0.3 is 23.6 Å². The molecule has 2 atom stereocenters. The van der Waals surface area contributed by atoms with Crippen LogP contribution in [0, 0.1) is 3.57 Å². The SMILES string of the molecule is CCCCCCCCCCCCCCCC(=O)OC[C@H](COP(=O)(O)OCC[N+](C)(C)C)OCCCCCCCCCC(=O)OCc1ccc(C2(C(F)(F)F)N=N2)cc1[125I]. The Morgan fingerprint density at radius 1 is 0.750 bits per heavy atom. The smallest absolute Gasteiger partial charge is 0.463 e. The molecule has 1 aliphatic heterocycles. The molecule has 1 aromatic rings. The quantitative estimate of drug-likeness (QED) is 0.0227. The number of alkyl halides is 3. The summed E-state index contributed by atoms with van der Waals surface area (Å²) in [7, 11) is 1.52. The van der Waals surface area contributed by atoms with Crippen molar-refractivity contribution in [1.82, 2.24) is 0 Å². The Balaban J connectivity index is 1.60. The summed E-state index contributed by atoms with van der Waals surface area (Å²) < 4.78 is 80.7. The Kier molecular flexibility index (Phi) is 26.9. The first-order valence-electron chi connectivity index (χ1n) is 22.1. The van der Waals surface area contributed by atoms with Gasteiger partial charge >= 0.3 is 31.6 Å². The molecule has 346 valence electrons. The van der Waals surface area contributed by atoms with Crippen molar-refractivity contribution >= 4 is 42.4 Å². The summed E-state index contributed by atoms with van der Waals surface area (Å²) in [5, 5.41) is 6.46. The molecule has 17 heteroatoms. The number of carbonyl (C=O) groups excluding carboxylic acids is 2. The summed E-state index contributed by atoms with van der Waals surface area (Å²) in [4.78, 5) is 35.0. The highest BCUT2D eigenvalue weighted by Gasteiger charge is 2.65. The number of benzene rings is 1. The standard InChI is InChI=1S/C43H72F3IN3O9P/c1-5-6-7-8-9-10-11-12-13-14-16-19-23-26-41(52)57-34-38(35-59-60(53,54)58-31-29-50(2,3)4)55-30-24-21-18-15-17-20-22-25-40(51)56-33-36-27-28-37(32-39(36)47)42(48-49-42)43(44,45)46/h27-28,32,38H,5-26,29-31,33-35H2,1-4H3/p+1/t38-/m1/s1/i47-2. The highest BCUT2D eigenvalue weighted by molar-refractivity contribution is 14.1. The minimum Gasteiger partial charge on any atom is -0.463 e. The number of esters is 2. The molecule has 0 aliphatic carbocycles. The number of hydrogen-bond donors (Lipinski definition) is 1. The molecule has 0 radical (unpaired) electrons. The molecular weight excluding hydrogens is 915 g/mol. The summed E-state index contributed by atoms with van der Waals surface area (Å²) in [5.74, 6) is -0.679. The van der Waals surface area contributed by atoms with E-state index in [1.54, 1.807) is 0 Å². The summed E-state index contributed by atoms with van der Waals surface area (Å²) in [6.07, 6.45) is 17.2. The lowest BCUT2D eigenvalue weighted by Crippen LogP contribution is -2.37. The van der Waals surface area contributed by atoms with E-state index >= 15 is 0 Å². The van der Waals surface area contributed by atoms with E-state index in [1.165, 1.54) is 82.4 Å². The van der Waals surface area contributed by atoms with Crippen molar-refractivity contribution in [2.24, 2.45) is 10.2 Å². The molecular formula is C43H73F3IN3O9P+. The summed E-state index contributed by atoms with van der Waals surface area (Å²) in [6, 6.07) is 4.20. The lowest BCUT2D eigenvalue weighted by molar-refractivity contribution is -0.870. The second-order valence-corrected chi connectivity index (χ2v) is 19.5. The van der Waals surface area contributed by atoms with E-state index in [2.05, 4.69) is 17.2 Å². The summed E-state index contributed by atoms with van der Waals surface area (Å²) in [5.41, 5.74) is -1.92. The van der Waals surface area contributed by atoms with Gasteiger partial charge in [-0.05, 0) is 47.9 Å². The van der Waals surface area contributed by atoms with Gasteiger partial charge in [-0.25, -0.2) is 4.57 Å². The molecule has 60 heavy (non-hydrogen) atoms. The lowest BCUT2D eigenvalue weighted by Gasteiger charge is -2.24. The third-order valence-corrected chi connectivity index (χ3v) is 12.3. The van der Waals surface area contributed by atoms with Gasteiger partial charge in [-0.3, -0.25) is 18.6 Å². The van der Waals surface area contributed by atoms with Crippen LogP contribution in [0.15, 0.2) is 28.4 Å². The molecule has 2 rings (SSSR count). The molecule has 0 aromatic heterocycles. The van der Waals surface area contributed by atoms with Crippen LogP contribution in [0.25, 0.3) is 0 Å². The number of ether oxygens (including phenoxy) is 3. The average molecular weight is 989 g/mol. The molecule has 0 bridgehead atoms. The number of phosphoric acid groups is 1. The van der Waals surface area contributed by atoms with Crippen LogP contribution in [0.5, 0.6) is 0 Å². The molecule has 0 saturated heterocycles. The minimum absolute atomic E-state index is 0.0222. The van der Waals surface area contributed by atoms with Crippen LogP contribution in [0.4, 0.5) is 13.2 Å². The first-order chi connectivity index (χ1) is 28.5. The number of hydrogen-bond acceptors (Lipinski definition) is 10. The fourth-order valence-corrected chi connectivity index (χ4v) is 7.81. The van der Waals surface area contributed by atoms with Gasteiger partial charge in [-0.15, -0.1) is 10.2 Å². The third-order valence-electron chi connectivity index (χ3n) is 10.3. The van der Waals surface area contributed by atoms with Gasteiger partial charge in [0.15, 0.2) is 0 Å². The van der Waals surface area contributed by atoms with Gasteiger partial charge in [0, 0.05) is 34.1 Å². The zero-order valence-corrected chi connectivity index (χ0v) is 39.7. The molecule has 0 spiro atoms. The van der Waals surface area contributed by atoms with E-state index in [0.717, 1.165) is 57.8 Å². The first kappa shape index (κ1) is 54.4. The number of likely N-dealkylation sites (N-methyl/N-ethyl adjacent to an activating group) is 1. The maximum atomic E-state index is 13.3. The fourth-order valence-electron chi connectivity index (χ4n) is 6.39. The minimum atomic E-state index is -4.60. The number of unbranched alkanes of at least 4 members (excludes halogenated alkanes) is 18. The Morgan fingerprint density at radius 3 is 1.73 bits per heavy atom. The predicted molar refractivity (Wildman–Crippen MR) is 234 cm³/mol. The van der Waals surface area contributed by atoms with E-state index < -0.39 is 25.8 Å². The van der Waals surface area contributed by atoms with Gasteiger partial charge in [0.05, 0.1) is 27.7 Å². The van der Waals surface area contributed by atoms with Crippen LogP contribution in [0.2, 0.25) is 0 Å². The molecule has 12 nitrogen and oxygen atoms in total. The number of rotatable bonds is 37. The highest BCUT2D eigenvalue weighted by atomic mass is 125. The Hall–Kier alpha value is -1.69. The molecule has 0 saturated carbocycles. The molecule has 1 heterocycles. The van der Waals surface area contributed by atoms with E-state index in [-0.39, 0.29) is 50.4 Å². The first-order valence-corrected chi connectivity index (χ1v) is 24.7. The van der Waals surface area contributed by atoms with Crippen LogP contribution in [-0.2, 0) is 49.7 Å². The summed E-state index contributed by atoms with van der Waals surface area (Å²) >= 11 is 1.92. The molecule has 1 aromatic carbocycles. The largest absolute Gasteiger partial charge is 0.472 e. The molecule has 1 N–H and O–H groups in total. The van der Waals surface area contributed by atoms with Crippen LogP contribution in [0.3, 0.4) is 0 Å². The topological polar surface area (TPSA) is 142 Å². The van der Waals surface area contributed by atoms with E-state index in [0.29, 0.717) is 39.6 Å². The van der Waals surface area contributed by atoms with Crippen molar-refractivity contribution in [3.05, 3.63) is 32.9 Å². The number of nitrogens with zero attached hydrogens (tertiary/aromatic N) is 3. The van der Waals surface area contributed by atoms with Gasteiger partial charge in [0.1, 0.15) is 32.5 Å². The van der Waals surface area contributed by atoms with E-state index in [4.69, 9.17) is 23.3 Å². The lowest BCUT2D eigenvalue weighted by atomic mass is 10.0. The zero-order valence-electron chi connectivity index (χ0n) is 36.6. The van der Waals surface area contributed by atoms with Crippen LogP contribution in [0.1, 0.15) is 159 Å². The molecule has 1 aliphatic rings. The third kappa shape index (κ3) is 24.8. The second kappa shape index (κ2) is 29.6. The van der Waals surface area contributed by atoms with Crippen LogP contribution >= 0.6 is 30.4 Å². The van der Waals surface area contributed by atoms with Gasteiger partial charge in [0.25, 0.3) is 0 Å². The van der Waals surface area contributed by atoms with Gasteiger partial charge in [0.2, 0.25) is 0 Å². The van der Waals surface area contributed by atoms with Crippen molar-refractivity contribution < 1.29 is 60.0 Å². The number of quaternary nitrogens is 1. The Labute approximate surface area is 370 Å². The molecule has 0 fully saturated rings. The van der Waals surface area contributed by atoms with Crippen LogP contribution in [-0.4, -0.2) is 87.7 Å². The van der Waals surface area contributed by atoms with Gasteiger partial charge in [-0.2, -0.15) is 13.2 Å². The average Bonchev–Trinajstić information content (AvgIpc) is 4.00. The normalized spacial score (nSPS) is 15.2. The van der Waals surface area contributed by atoms with E-state index in [9.17, 15) is 32.2 Å². The summed E-state index contributed by atoms with van der Waals surface area (Å²) in [6.45, 7) is 2.81. The van der Waals surface area contributed by atoms with Crippen molar-refractivity contribution in [3.8, 4) is 0 Å². The monoisotopic (exact) mass is 988 g/mol. The zero-order chi connectivity index (χ0) is 44.3. The maximum absolute atomic E-state index is 13.3. The maximum Gasteiger partial charge on any atom is 0.472 e.